The molecule has 0 amide bonds. The van der Waals surface area contributed by atoms with Crippen LogP contribution in [-0.4, -0.2) is 32.9 Å². The van der Waals surface area contributed by atoms with Crippen molar-refractivity contribution < 1.29 is 8.42 Å². The van der Waals surface area contributed by atoms with Crippen LogP contribution >= 0.6 is 58.4 Å². The fraction of sp³-hybridized carbons (Fsp3) is 0.500. The molecule has 0 saturated heterocycles. The molecule has 0 heterocycles. The lowest BCUT2D eigenvalue weighted by atomic mass is 10.7. The topological polar surface area (TPSA) is 37.4 Å². The van der Waals surface area contributed by atoms with Gasteiger partial charge in [0.15, 0.2) is 4.84 Å². The molecule has 0 rings (SSSR count). The van der Waals surface area contributed by atoms with E-state index in [0.29, 0.717) is 11.9 Å². The first-order chi connectivity index (χ1) is 7.67. The van der Waals surface area contributed by atoms with Crippen LogP contribution in [0, 0.1) is 0 Å². The Morgan fingerprint density at radius 2 is 1.82 bits per heavy atom. The lowest BCUT2D eigenvalue weighted by Crippen LogP contribution is -2.32. The second-order valence-corrected chi connectivity index (χ2v) is 9.16. The van der Waals surface area contributed by atoms with Crippen molar-refractivity contribution in [1.29, 1.82) is 0 Å². The summed E-state index contributed by atoms with van der Waals surface area (Å²) in [5, 5.41) is 0. The van der Waals surface area contributed by atoms with Crippen LogP contribution < -0.4 is 0 Å². The Kier molecular flexibility index (Phi) is 7.88. The van der Waals surface area contributed by atoms with E-state index in [0.717, 1.165) is 3.71 Å². The molecular formula is C8H11Cl4NO2S2. The van der Waals surface area contributed by atoms with Gasteiger partial charge in [-0.3, -0.25) is 0 Å². The van der Waals surface area contributed by atoms with Gasteiger partial charge in [-0.05, 0) is 11.9 Å². The van der Waals surface area contributed by atoms with Gasteiger partial charge in [-0.2, -0.15) is 0 Å². The molecule has 100 valence electrons. The Morgan fingerprint density at radius 1 is 1.29 bits per heavy atom. The summed E-state index contributed by atoms with van der Waals surface area (Å²) in [5.74, 6) is -0.243. The monoisotopic (exact) mass is 357 g/mol. The fourth-order valence-corrected chi connectivity index (χ4v) is 4.02. The Bertz CT molecular complexity index is 370. The van der Waals surface area contributed by atoms with Gasteiger partial charge in [0.05, 0.1) is 5.75 Å². The van der Waals surface area contributed by atoms with Gasteiger partial charge in [0.2, 0.25) is 13.7 Å². The predicted molar refractivity (Wildman–Crippen MR) is 78.4 cm³/mol. The molecule has 0 aliphatic heterocycles. The highest BCUT2D eigenvalue weighted by atomic mass is 35.5. The van der Waals surface area contributed by atoms with E-state index in [1.807, 2.05) is 0 Å². The zero-order valence-electron chi connectivity index (χ0n) is 8.65. The van der Waals surface area contributed by atoms with E-state index in [2.05, 4.69) is 13.2 Å². The van der Waals surface area contributed by atoms with Gasteiger partial charge >= 0.3 is 0 Å². The fourth-order valence-electron chi connectivity index (χ4n) is 0.721. The van der Waals surface area contributed by atoms with Crippen molar-refractivity contribution in [2.45, 2.75) is 8.50 Å². The number of sulfonamides is 1. The van der Waals surface area contributed by atoms with E-state index >= 15 is 0 Å². The van der Waals surface area contributed by atoms with Crippen LogP contribution in [0.5, 0.6) is 0 Å². The standard InChI is InChI=1S/C8H11Cl4NO2S2/c1-3-5-13(17(14,15)6-4-2)16-8(11,12)7(9)10/h3-4,7H,1-2,5-6H2. The molecule has 0 N–H and O–H groups in total. The molecule has 0 aliphatic rings. The van der Waals surface area contributed by atoms with Gasteiger partial charge in [-0.15, -0.1) is 40.1 Å². The highest BCUT2D eigenvalue weighted by Crippen LogP contribution is 2.45. The van der Waals surface area contributed by atoms with Gasteiger partial charge in [0, 0.05) is 6.54 Å². The Labute approximate surface area is 126 Å². The van der Waals surface area contributed by atoms with E-state index < -0.39 is 18.5 Å². The molecule has 0 atom stereocenters. The third-order valence-electron chi connectivity index (χ3n) is 1.39. The van der Waals surface area contributed by atoms with Crippen molar-refractivity contribution in [1.82, 2.24) is 3.71 Å². The minimum atomic E-state index is -3.58. The normalized spacial score (nSPS) is 13.1. The first kappa shape index (κ1) is 17.9. The van der Waals surface area contributed by atoms with Gasteiger partial charge in [0.25, 0.3) is 0 Å². The van der Waals surface area contributed by atoms with Crippen molar-refractivity contribution >= 4 is 68.4 Å². The SMILES string of the molecule is C=CCN(SC(Cl)(Cl)C(Cl)Cl)S(=O)(=O)CC=C. The zero-order chi connectivity index (χ0) is 13.7. The summed E-state index contributed by atoms with van der Waals surface area (Å²) in [6.45, 7) is 6.84. The van der Waals surface area contributed by atoms with Crippen LogP contribution in [0.1, 0.15) is 0 Å². The molecule has 0 fully saturated rings. The number of hydrogen-bond acceptors (Lipinski definition) is 3. The minimum Gasteiger partial charge on any atom is -0.211 e. The molecule has 0 aromatic rings. The summed E-state index contributed by atoms with van der Waals surface area (Å²) >= 11 is 23.3. The maximum absolute atomic E-state index is 11.8. The van der Waals surface area contributed by atoms with E-state index in [-0.39, 0.29) is 12.3 Å². The Morgan fingerprint density at radius 3 is 2.18 bits per heavy atom. The van der Waals surface area contributed by atoms with E-state index in [1.165, 1.54) is 12.2 Å². The number of nitrogens with zero attached hydrogens (tertiary/aromatic N) is 1. The molecule has 0 aliphatic carbocycles. The summed E-state index contributed by atoms with van der Waals surface area (Å²) in [6.07, 6.45) is 2.66. The van der Waals surface area contributed by atoms with Crippen molar-refractivity contribution in [3.8, 4) is 0 Å². The summed E-state index contributed by atoms with van der Waals surface area (Å²) < 4.78 is 22.9. The van der Waals surface area contributed by atoms with Crippen LogP contribution in [0.15, 0.2) is 25.3 Å². The second kappa shape index (κ2) is 7.48. The molecule has 9 heteroatoms. The van der Waals surface area contributed by atoms with Crippen molar-refractivity contribution in [3.05, 3.63) is 25.3 Å². The summed E-state index contributed by atoms with van der Waals surface area (Å²) in [7, 11) is -3.58. The van der Waals surface area contributed by atoms with Crippen molar-refractivity contribution in [2.24, 2.45) is 0 Å². The van der Waals surface area contributed by atoms with Gasteiger partial charge in [-0.25, -0.2) is 8.42 Å². The molecule has 0 unspecified atom stereocenters. The highest BCUT2D eigenvalue weighted by molar-refractivity contribution is 8.11. The largest absolute Gasteiger partial charge is 0.227 e. The second-order valence-electron chi connectivity index (χ2n) is 2.80. The van der Waals surface area contributed by atoms with Crippen LogP contribution in [0.4, 0.5) is 0 Å². The van der Waals surface area contributed by atoms with Crippen LogP contribution in [0.25, 0.3) is 0 Å². The lowest BCUT2D eigenvalue weighted by molar-refractivity contribution is 0.558. The molecule has 0 radical (unpaired) electrons. The van der Waals surface area contributed by atoms with E-state index in [1.54, 1.807) is 0 Å². The maximum atomic E-state index is 11.8. The van der Waals surface area contributed by atoms with Crippen LogP contribution in [0.3, 0.4) is 0 Å². The molecule has 3 nitrogen and oxygen atoms in total. The molecule has 0 bridgehead atoms. The molecule has 0 saturated carbocycles. The summed E-state index contributed by atoms with van der Waals surface area (Å²) in [6, 6.07) is 0. The van der Waals surface area contributed by atoms with Crippen LogP contribution in [-0.2, 0) is 10.0 Å². The van der Waals surface area contributed by atoms with Crippen molar-refractivity contribution in [2.75, 3.05) is 12.3 Å². The molecule has 17 heavy (non-hydrogen) atoms. The number of hydrogen-bond donors (Lipinski definition) is 0. The minimum absolute atomic E-state index is 0.0303. The molecule has 0 spiro atoms. The van der Waals surface area contributed by atoms with E-state index in [4.69, 9.17) is 46.4 Å². The maximum Gasteiger partial charge on any atom is 0.227 e. The number of alkyl halides is 4. The van der Waals surface area contributed by atoms with Gasteiger partial charge in [0.1, 0.15) is 0 Å². The Balaban J connectivity index is 5.00. The molecule has 0 aromatic carbocycles. The number of halogens is 4. The quantitative estimate of drug-likeness (QED) is 0.378. The van der Waals surface area contributed by atoms with Crippen LogP contribution in [0.2, 0.25) is 0 Å². The molecule has 0 aromatic heterocycles. The van der Waals surface area contributed by atoms with Gasteiger partial charge in [-0.1, -0.05) is 35.4 Å². The van der Waals surface area contributed by atoms with E-state index in [9.17, 15) is 8.42 Å². The third kappa shape index (κ3) is 6.05. The smallest absolute Gasteiger partial charge is 0.211 e. The average Bonchev–Trinajstić information content (AvgIpc) is 2.16. The Hall–Kier alpha value is 0.900. The third-order valence-corrected chi connectivity index (χ3v) is 6.77. The highest BCUT2D eigenvalue weighted by Gasteiger charge is 2.38. The average molecular weight is 359 g/mol. The first-order valence-electron chi connectivity index (χ1n) is 4.24. The number of rotatable bonds is 8. The summed E-state index contributed by atoms with van der Waals surface area (Å²) in [5.41, 5.74) is 0. The first-order valence-corrected chi connectivity index (χ1v) is 8.25. The van der Waals surface area contributed by atoms with Gasteiger partial charge < -0.3 is 0 Å². The van der Waals surface area contributed by atoms with Crippen molar-refractivity contribution in [3.63, 3.8) is 0 Å². The summed E-state index contributed by atoms with van der Waals surface area (Å²) in [4.78, 5) is -1.15. The lowest BCUT2D eigenvalue weighted by Gasteiger charge is -2.27. The predicted octanol–water partition coefficient (Wildman–Crippen LogP) is 3.57. The zero-order valence-corrected chi connectivity index (χ0v) is 13.3. The molecular weight excluding hydrogens is 348 g/mol.